The summed E-state index contributed by atoms with van der Waals surface area (Å²) in [5.74, 6) is 0.478. The third kappa shape index (κ3) is 3.00. The Bertz CT molecular complexity index is 631. The van der Waals surface area contributed by atoms with E-state index >= 15 is 0 Å². The molecule has 2 heterocycles. The fourth-order valence-corrected chi connectivity index (χ4v) is 1.95. The van der Waals surface area contributed by atoms with Crippen molar-refractivity contribution in [1.82, 2.24) is 4.98 Å². The molecular weight excluding hydrogens is 246 g/mol. The van der Waals surface area contributed by atoms with E-state index < -0.39 is 0 Å². The molecule has 0 aliphatic carbocycles. The number of hydrogen-bond acceptors (Lipinski definition) is 5. The number of nitrogens with zero attached hydrogens (tertiary/aromatic N) is 3. The summed E-state index contributed by atoms with van der Waals surface area (Å²) in [6.07, 6.45) is 3.11. The molecule has 0 bridgehead atoms. The summed E-state index contributed by atoms with van der Waals surface area (Å²) in [7, 11) is 0. The molecule has 0 aliphatic rings. The van der Waals surface area contributed by atoms with Gasteiger partial charge in [-0.1, -0.05) is 6.07 Å². The first-order valence-corrected chi connectivity index (χ1v) is 5.84. The molecular formula is C13H7N3OS. The minimum atomic E-state index is 0.0127. The van der Waals surface area contributed by atoms with Crippen LogP contribution in [0.4, 0.5) is 0 Å². The van der Waals surface area contributed by atoms with Gasteiger partial charge in [0.25, 0.3) is 0 Å². The molecule has 5 heteroatoms. The Morgan fingerprint density at radius 2 is 2.06 bits per heavy atom. The van der Waals surface area contributed by atoms with Gasteiger partial charge in [-0.05, 0) is 36.0 Å². The molecule has 18 heavy (non-hydrogen) atoms. The normalized spacial score (nSPS) is 9.22. The first-order chi connectivity index (χ1) is 8.81. The maximum atomic E-state index is 8.63. The Hall–Kier alpha value is -2.50. The number of pyridine rings is 1. The molecule has 0 spiro atoms. The van der Waals surface area contributed by atoms with Crippen molar-refractivity contribution in [1.29, 1.82) is 10.5 Å². The standard InChI is InChI=1S/C13H7N3OS/c14-8-10(9-15)7-11-4-5-13(17-11)18-12-3-1-2-6-16-12/h1-7H. The fraction of sp³-hybridized carbons (Fsp3) is 0. The van der Waals surface area contributed by atoms with E-state index in [2.05, 4.69) is 4.98 Å². The van der Waals surface area contributed by atoms with Gasteiger partial charge in [0, 0.05) is 12.3 Å². The molecule has 0 aliphatic heterocycles. The first kappa shape index (κ1) is 12.0. The van der Waals surface area contributed by atoms with Crippen molar-refractivity contribution >= 4 is 17.8 Å². The number of nitriles is 2. The summed E-state index contributed by atoms with van der Waals surface area (Å²) in [4.78, 5) is 4.16. The Kier molecular flexibility index (Phi) is 3.80. The molecule has 0 unspecified atom stereocenters. The minimum Gasteiger partial charge on any atom is -0.450 e. The van der Waals surface area contributed by atoms with E-state index in [9.17, 15) is 0 Å². The van der Waals surface area contributed by atoms with Crippen LogP contribution in [0.15, 0.2) is 56.6 Å². The molecule has 4 nitrogen and oxygen atoms in total. The van der Waals surface area contributed by atoms with Crippen LogP contribution < -0.4 is 0 Å². The number of aromatic nitrogens is 1. The fourth-order valence-electron chi connectivity index (χ4n) is 1.21. The van der Waals surface area contributed by atoms with Crippen molar-refractivity contribution in [2.45, 2.75) is 10.1 Å². The quantitative estimate of drug-likeness (QED) is 0.785. The molecule has 0 atom stereocenters. The number of hydrogen-bond donors (Lipinski definition) is 0. The molecule has 2 rings (SSSR count). The number of allylic oxidation sites excluding steroid dienone is 1. The van der Waals surface area contributed by atoms with E-state index in [0.29, 0.717) is 10.9 Å². The smallest absolute Gasteiger partial charge is 0.167 e. The molecule has 0 saturated carbocycles. The SMILES string of the molecule is N#CC(C#N)=Cc1ccc(Sc2ccccn2)o1. The zero-order chi connectivity index (χ0) is 12.8. The molecule has 0 radical (unpaired) electrons. The Morgan fingerprint density at radius 1 is 1.22 bits per heavy atom. The highest BCUT2D eigenvalue weighted by Gasteiger charge is 2.04. The van der Waals surface area contributed by atoms with Gasteiger partial charge in [-0.25, -0.2) is 4.98 Å². The summed E-state index contributed by atoms with van der Waals surface area (Å²) in [6.45, 7) is 0. The minimum absolute atomic E-state index is 0.0127. The molecule has 0 fully saturated rings. The molecule has 86 valence electrons. The van der Waals surface area contributed by atoms with Crippen LogP contribution in [-0.4, -0.2) is 4.98 Å². The van der Waals surface area contributed by atoms with Gasteiger partial charge in [0.2, 0.25) is 0 Å². The zero-order valence-corrected chi connectivity index (χ0v) is 10.0. The summed E-state index contributed by atoms with van der Waals surface area (Å²) >= 11 is 1.38. The van der Waals surface area contributed by atoms with Crippen LogP contribution in [0.25, 0.3) is 6.08 Å². The lowest BCUT2D eigenvalue weighted by molar-refractivity contribution is 0.466. The highest BCUT2D eigenvalue weighted by molar-refractivity contribution is 7.99. The first-order valence-electron chi connectivity index (χ1n) is 5.02. The van der Waals surface area contributed by atoms with Crippen LogP contribution >= 0.6 is 11.8 Å². The molecule has 0 saturated heterocycles. The van der Waals surface area contributed by atoms with Crippen molar-refractivity contribution in [3.8, 4) is 12.1 Å². The summed E-state index contributed by atoms with van der Waals surface area (Å²) in [6, 6.07) is 12.6. The lowest BCUT2D eigenvalue weighted by Gasteiger charge is -1.94. The Balaban J connectivity index is 2.15. The second-order valence-electron chi connectivity index (χ2n) is 3.21. The van der Waals surface area contributed by atoms with E-state index in [0.717, 1.165) is 5.03 Å². The van der Waals surface area contributed by atoms with Gasteiger partial charge in [-0.3, -0.25) is 0 Å². The van der Waals surface area contributed by atoms with Gasteiger partial charge in [-0.15, -0.1) is 0 Å². The van der Waals surface area contributed by atoms with E-state index in [-0.39, 0.29) is 5.57 Å². The zero-order valence-electron chi connectivity index (χ0n) is 9.20. The van der Waals surface area contributed by atoms with Crippen LogP contribution in [0, 0.1) is 22.7 Å². The second-order valence-corrected chi connectivity index (χ2v) is 4.23. The lowest BCUT2D eigenvalue weighted by atomic mass is 10.3. The Labute approximate surface area is 108 Å². The highest BCUT2D eigenvalue weighted by atomic mass is 32.2. The van der Waals surface area contributed by atoms with Crippen LogP contribution in [0.1, 0.15) is 5.76 Å². The molecule has 2 aromatic heterocycles. The van der Waals surface area contributed by atoms with Gasteiger partial charge < -0.3 is 4.42 Å². The molecule has 2 aromatic rings. The van der Waals surface area contributed by atoms with E-state index in [1.54, 1.807) is 30.5 Å². The predicted molar refractivity (Wildman–Crippen MR) is 66.3 cm³/mol. The monoisotopic (exact) mass is 253 g/mol. The van der Waals surface area contributed by atoms with Crippen LogP contribution in [0.3, 0.4) is 0 Å². The average Bonchev–Trinajstić information content (AvgIpc) is 2.84. The molecule has 0 amide bonds. The van der Waals surface area contributed by atoms with Crippen molar-refractivity contribution < 1.29 is 4.42 Å². The van der Waals surface area contributed by atoms with Crippen molar-refractivity contribution in [2.24, 2.45) is 0 Å². The summed E-state index contributed by atoms with van der Waals surface area (Å²) in [5.41, 5.74) is 0.0127. The number of furan rings is 1. The maximum Gasteiger partial charge on any atom is 0.167 e. The molecule has 0 aromatic carbocycles. The van der Waals surface area contributed by atoms with Gasteiger partial charge in [-0.2, -0.15) is 10.5 Å². The third-order valence-electron chi connectivity index (χ3n) is 1.97. The van der Waals surface area contributed by atoms with E-state index in [4.69, 9.17) is 14.9 Å². The Morgan fingerprint density at radius 3 is 2.72 bits per heavy atom. The topological polar surface area (TPSA) is 73.6 Å². The third-order valence-corrected chi connectivity index (χ3v) is 2.84. The highest BCUT2D eigenvalue weighted by Crippen LogP contribution is 2.27. The van der Waals surface area contributed by atoms with E-state index in [1.807, 2.05) is 18.2 Å². The van der Waals surface area contributed by atoms with Gasteiger partial charge in [0.1, 0.15) is 28.5 Å². The van der Waals surface area contributed by atoms with Crippen molar-refractivity contribution in [3.05, 3.63) is 47.9 Å². The van der Waals surface area contributed by atoms with Gasteiger partial charge in [0.15, 0.2) is 5.09 Å². The number of rotatable bonds is 3. The maximum absolute atomic E-state index is 8.63. The predicted octanol–water partition coefficient (Wildman–Crippen LogP) is 3.26. The van der Waals surface area contributed by atoms with Crippen LogP contribution in [0.5, 0.6) is 0 Å². The van der Waals surface area contributed by atoms with Crippen molar-refractivity contribution in [2.75, 3.05) is 0 Å². The van der Waals surface area contributed by atoms with Crippen LogP contribution in [-0.2, 0) is 0 Å². The van der Waals surface area contributed by atoms with E-state index in [1.165, 1.54) is 17.8 Å². The van der Waals surface area contributed by atoms with Gasteiger partial charge >= 0.3 is 0 Å². The summed E-state index contributed by atoms with van der Waals surface area (Å²) < 4.78 is 5.47. The largest absolute Gasteiger partial charge is 0.450 e. The average molecular weight is 253 g/mol. The van der Waals surface area contributed by atoms with Gasteiger partial charge in [0.05, 0.1) is 0 Å². The lowest BCUT2D eigenvalue weighted by Crippen LogP contribution is -1.75. The van der Waals surface area contributed by atoms with Crippen LogP contribution in [0.2, 0.25) is 0 Å². The van der Waals surface area contributed by atoms with Crippen molar-refractivity contribution in [3.63, 3.8) is 0 Å². The molecule has 0 N–H and O–H groups in total. The second kappa shape index (κ2) is 5.72. The summed E-state index contributed by atoms with van der Waals surface area (Å²) in [5, 5.41) is 18.7.